The molecule has 0 aliphatic rings. The first-order valence-corrected chi connectivity index (χ1v) is 14.8. The number of hydrogen-bond donors (Lipinski definition) is 1. The summed E-state index contributed by atoms with van der Waals surface area (Å²) in [6.07, 6.45) is -3.09. The number of hydrogen-bond acceptors (Lipinski definition) is 4. The third kappa shape index (κ3) is 9.30. The Morgan fingerprint density at radius 1 is 1.08 bits per heavy atom. The molecule has 210 valence electrons. The van der Waals surface area contributed by atoms with Crippen molar-refractivity contribution in [3.05, 3.63) is 64.1 Å². The van der Waals surface area contributed by atoms with Crippen LogP contribution >= 0.6 is 15.9 Å². The number of anilines is 1. The average molecular weight is 621 g/mol. The van der Waals surface area contributed by atoms with Crippen molar-refractivity contribution < 1.29 is 31.2 Å². The zero-order chi connectivity index (χ0) is 28.7. The molecule has 0 saturated heterocycles. The Morgan fingerprint density at radius 2 is 1.74 bits per heavy atom. The lowest BCUT2D eigenvalue weighted by atomic mass is 10.1. The number of halogens is 4. The van der Waals surface area contributed by atoms with E-state index in [4.69, 9.17) is 0 Å². The number of nitrogens with one attached hydrogen (secondary N) is 1. The van der Waals surface area contributed by atoms with Crippen molar-refractivity contribution in [3.63, 3.8) is 0 Å². The molecule has 2 atom stereocenters. The molecule has 2 rings (SSSR count). The molecular weight excluding hydrogens is 587 g/mol. The molecule has 0 saturated carbocycles. The molecule has 0 unspecified atom stereocenters. The quantitative estimate of drug-likeness (QED) is 0.347. The van der Waals surface area contributed by atoms with Crippen molar-refractivity contribution in [2.45, 2.75) is 64.8 Å². The van der Waals surface area contributed by atoms with Crippen LogP contribution in [0, 0.1) is 0 Å². The highest BCUT2D eigenvalue weighted by molar-refractivity contribution is 9.10. The highest BCUT2D eigenvalue weighted by Crippen LogP contribution is 2.32. The first-order valence-electron chi connectivity index (χ1n) is 12.1. The smallest absolute Gasteiger partial charge is 0.352 e. The lowest BCUT2D eigenvalue weighted by molar-refractivity contribution is -0.140. The maximum Gasteiger partial charge on any atom is 0.416 e. The zero-order valence-corrected chi connectivity index (χ0v) is 24.2. The predicted octanol–water partition coefficient (Wildman–Crippen LogP) is 5.35. The SMILES string of the molecule is CC[C@H](C)NC(=O)[C@H](C)N(Cc1cccc(Br)c1)C(=O)CCCN(c1cccc(C(F)(F)F)c1)S(C)(=O)=O. The molecule has 0 fully saturated rings. The summed E-state index contributed by atoms with van der Waals surface area (Å²) in [4.78, 5) is 27.6. The molecule has 0 bridgehead atoms. The standard InChI is InChI=1S/C26H33BrF3N3O4S/c1-5-18(2)31-25(35)19(3)32(17-20-9-6-11-22(27)15-20)24(34)13-8-14-33(38(4,36)37)23-12-7-10-21(16-23)26(28,29)30/h6-7,9-12,15-16,18-19H,5,8,13-14,17H2,1-4H3,(H,31,35)/t18-,19-/m0/s1. The molecule has 2 aromatic rings. The molecule has 0 aromatic heterocycles. The third-order valence-electron chi connectivity index (χ3n) is 6.02. The number of carbonyl (C=O) groups is 2. The summed E-state index contributed by atoms with van der Waals surface area (Å²) in [5.41, 5.74) is -0.319. The minimum absolute atomic E-state index is 0.0385. The zero-order valence-electron chi connectivity index (χ0n) is 21.8. The van der Waals surface area contributed by atoms with E-state index < -0.39 is 27.8 Å². The summed E-state index contributed by atoms with van der Waals surface area (Å²) in [7, 11) is -3.93. The van der Waals surface area contributed by atoms with Crippen molar-refractivity contribution in [3.8, 4) is 0 Å². The van der Waals surface area contributed by atoms with Gasteiger partial charge in [-0.3, -0.25) is 13.9 Å². The van der Waals surface area contributed by atoms with Gasteiger partial charge in [0.2, 0.25) is 21.8 Å². The molecule has 0 aliphatic heterocycles. The first-order chi connectivity index (χ1) is 17.6. The van der Waals surface area contributed by atoms with Crippen LogP contribution in [0.5, 0.6) is 0 Å². The summed E-state index contributed by atoms with van der Waals surface area (Å²) < 4.78 is 66.0. The van der Waals surface area contributed by atoms with Crippen molar-refractivity contribution in [2.75, 3.05) is 17.1 Å². The van der Waals surface area contributed by atoms with Crippen LogP contribution in [0.25, 0.3) is 0 Å². The van der Waals surface area contributed by atoms with Gasteiger partial charge in [0, 0.05) is 30.0 Å². The van der Waals surface area contributed by atoms with Gasteiger partial charge >= 0.3 is 6.18 Å². The lowest BCUT2D eigenvalue weighted by Gasteiger charge is -2.30. The first kappa shape index (κ1) is 31.6. The second kappa shape index (κ2) is 13.5. The fraction of sp³-hybridized carbons (Fsp3) is 0.462. The molecule has 0 aliphatic carbocycles. The molecule has 7 nitrogen and oxygen atoms in total. The van der Waals surface area contributed by atoms with Gasteiger partial charge < -0.3 is 10.2 Å². The Balaban J connectivity index is 2.22. The minimum atomic E-state index is -4.63. The molecule has 38 heavy (non-hydrogen) atoms. The molecule has 2 amide bonds. The van der Waals surface area contributed by atoms with Gasteiger partial charge in [0.15, 0.2) is 0 Å². The topological polar surface area (TPSA) is 86.8 Å². The van der Waals surface area contributed by atoms with Gasteiger partial charge in [-0.15, -0.1) is 0 Å². The van der Waals surface area contributed by atoms with Crippen LogP contribution < -0.4 is 9.62 Å². The monoisotopic (exact) mass is 619 g/mol. The number of carbonyl (C=O) groups excluding carboxylic acids is 2. The number of nitrogens with zero attached hydrogens (tertiary/aromatic N) is 2. The van der Waals surface area contributed by atoms with Gasteiger partial charge in [0.25, 0.3) is 0 Å². The Morgan fingerprint density at radius 3 is 2.32 bits per heavy atom. The van der Waals surface area contributed by atoms with Gasteiger partial charge in [-0.2, -0.15) is 13.2 Å². The Labute approximate surface area is 230 Å². The fourth-order valence-electron chi connectivity index (χ4n) is 3.72. The van der Waals surface area contributed by atoms with Gasteiger partial charge in [-0.1, -0.05) is 41.1 Å². The molecule has 0 spiro atoms. The van der Waals surface area contributed by atoms with Gasteiger partial charge in [0.05, 0.1) is 17.5 Å². The highest BCUT2D eigenvalue weighted by Gasteiger charge is 2.32. The van der Waals surface area contributed by atoms with Gasteiger partial charge in [0.1, 0.15) is 6.04 Å². The van der Waals surface area contributed by atoms with Crippen LogP contribution in [-0.2, 0) is 32.3 Å². The maximum absolute atomic E-state index is 13.3. The molecule has 0 radical (unpaired) electrons. The van der Waals surface area contributed by atoms with Gasteiger partial charge in [-0.25, -0.2) is 8.42 Å². The van der Waals surface area contributed by atoms with E-state index in [-0.39, 0.29) is 49.5 Å². The predicted molar refractivity (Wildman–Crippen MR) is 145 cm³/mol. The second-order valence-electron chi connectivity index (χ2n) is 9.13. The van der Waals surface area contributed by atoms with Gasteiger partial charge in [-0.05, 0) is 62.6 Å². The molecule has 12 heteroatoms. The summed E-state index contributed by atoms with van der Waals surface area (Å²) in [5.74, 6) is -0.696. The number of rotatable bonds is 12. The Hall–Kier alpha value is -2.60. The van der Waals surface area contributed by atoms with E-state index in [1.807, 2.05) is 38.1 Å². The number of alkyl halides is 3. The van der Waals surface area contributed by atoms with E-state index in [1.165, 1.54) is 11.0 Å². The number of sulfonamides is 1. The maximum atomic E-state index is 13.3. The van der Waals surface area contributed by atoms with E-state index in [0.29, 0.717) is 0 Å². The summed E-state index contributed by atoms with van der Waals surface area (Å²) in [6, 6.07) is 10.5. The van der Waals surface area contributed by atoms with Crippen molar-refractivity contribution in [1.29, 1.82) is 0 Å². The molecular formula is C26H33BrF3N3O4S. The lowest BCUT2D eigenvalue weighted by Crippen LogP contribution is -2.49. The van der Waals surface area contributed by atoms with E-state index in [9.17, 15) is 31.2 Å². The van der Waals surface area contributed by atoms with E-state index in [0.717, 1.165) is 45.2 Å². The Bertz CT molecular complexity index is 1220. The van der Waals surface area contributed by atoms with Crippen LogP contribution in [0.1, 0.15) is 51.2 Å². The summed E-state index contributed by atoms with van der Waals surface area (Å²) >= 11 is 3.40. The van der Waals surface area contributed by atoms with Crippen LogP contribution in [0.4, 0.5) is 18.9 Å². The normalized spacial score (nSPS) is 13.5. The van der Waals surface area contributed by atoms with E-state index >= 15 is 0 Å². The minimum Gasteiger partial charge on any atom is -0.352 e. The molecule has 1 N–H and O–H groups in total. The third-order valence-corrected chi connectivity index (χ3v) is 7.71. The van der Waals surface area contributed by atoms with Crippen LogP contribution in [-0.4, -0.2) is 50.0 Å². The van der Waals surface area contributed by atoms with Crippen molar-refractivity contribution >= 4 is 43.5 Å². The summed E-state index contributed by atoms with van der Waals surface area (Å²) in [5, 5.41) is 2.87. The highest BCUT2D eigenvalue weighted by atomic mass is 79.9. The van der Waals surface area contributed by atoms with Crippen LogP contribution in [0.3, 0.4) is 0 Å². The molecule has 2 aromatic carbocycles. The second-order valence-corrected chi connectivity index (χ2v) is 12.0. The largest absolute Gasteiger partial charge is 0.416 e. The Kier molecular flexibility index (Phi) is 11.2. The molecule has 0 heterocycles. The number of amides is 2. The average Bonchev–Trinajstić information content (AvgIpc) is 2.83. The fourth-order valence-corrected chi connectivity index (χ4v) is 5.13. The summed E-state index contributed by atoms with van der Waals surface area (Å²) in [6.45, 7) is 5.36. The number of benzene rings is 2. The van der Waals surface area contributed by atoms with Crippen LogP contribution in [0.15, 0.2) is 53.0 Å². The van der Waals surface area contributed by atoms with Crippen LogP contribution in [0.2, 0.25) is 0 Å². The van der Waals surface area contributed by atoms with E-state index in [1.54, 1.807) is 6.92 Å². The van der Waals surface area contributed by atoms with Crippen molar-refractivity contribution in [2.24, 2.45) is 0 Å². The van der Waals surface area contributed by atoms with Crippen molar-refractivity contribution in [1.82, 2.24) is 10.2 Å². The van der Waals surface area contributed by atoms with E-state index in [2.05, 4.69) is 21.2 Å².